The lowest BCUT2D eigenvalue weighted by Gasteiger charge is -2.31. The quantitative estimate of drug-likeness (QED) is 0.120. The first-order valence-corrected chi connectivity index (χ1v) is 14.5. The number of carbonyl (C=O) groups excluding carboxylic acids is 3. The second kappa shape index (κ2) is 18.1. The number of carboxylic acids is 1. The van der Waals surface area contributed by atoms with Crippen LogP contribution >= 0.6 is 0 Å². The van der Waals surface area contributed by atoms with Gasteiger partial charge < -0.3 is 39.3 Å². The van der Waals surface area contributed by atoms with Crippen LogP contribution in [0.25, 0.3) is 0 Å². The largest absolute Gasteiger partial charge is 0.514 e. The fraction of sp³-hybridized carbons (Fsp3) is 0.667. The molecular weight excluding hydrogens is 550 g/mol. The molecule has 0 aliphatic carbocycles. The summed E-state index contributed by atoms with van der Waals surface area (Å²) in [6, 6.07) is 2.74. The first-order chi connectivity index (χ1) is 19.7. The molecule has 0 aromatic heterocycles. The molecule has 1 aromatic carbocycles. The lowest BCUT2D eigenvalue weighted by atomic mass is 9.79. The number of nitrogens with two attached hydrogens (primary N) is 1. The average molecular weight is 598 g/mol. The summed E-state index contributed by atoms with van der Waals surface area (Å²) in [6.45, 7) is 14.2. The van der Waals surface area contributed by atoms with Gasteiger partial charge in [-0.15, -0.1) is 0 Å². The molecule has 0 saturated carbocycles. The molecule has 0 aliphatic heterocycles. The van der Waals surface area contributed by atoms with Crippen molar-refractivity contribution in [3.05, 3.63) is 23.8 Å². The van der Waals surface area contributed by atoms with Gasteiger partial charge in [0.05, 0.1) is 0 Å². The number of hydrogen-bond donors (Lipinski definition) is 2. The molecule has 0 bridgehead atoms. The van der Waals surface area contributed by atoms with Crippen molar-refractivity contribution in [1.82, 2.24) is 0 Å². The van der Waals surface area contributed by atoms with Crippen LogP contribution in [0.4, 0.5) is 14.4 Å². The summed E-state index contributed by atoms with van der Waals surface area (Å²) in [5.74, 6) is -3.23. The second-order valence-electron chi connectivity index (χ2n) is 10.5. The molecule has 42 heavy (non-hydrogen) atoms. The Balaban J connectivity index is 3.42. The Bertz CT molecular complexity index is 1030. The molecule has 12 heteroatoms. The van der Waals surface area contributed by atoms with E-state index in [4.69, 9.17) is 34.2 Å². The third-order valence-electron chi connectivity index (χ3n) is 6.86. The number of carboxylic acid groups (broad SMARTS) is 1. The van der Waals surface area contributed by atoms with E-state index in [2.05, 4.69) is 0 Å². The minimum absolute atomic E-state index is 0.149. The Morgan fingerprint density at radius 2 is 1.24 bits per heavy atom. The molecule has 0 fully saturated rings. The molecule has 1 aromatic rings. The van der Waals surface area contributed by atoms with E-state index in [0.29, 0.717) is 24.8 Å². The van der Waals surface area contributed by atoms with Gasteiger partial charge in [-0.05, 0) is 64.7 Å². The standard InChI is InChI=1S/C30H47NO11/c1-9-12-18(5)38-29(35)41-23-15-14-22(16-24(23)42-30(36)39-19(6)13-10-2)25(26(31)27(32)33)20(7)21(8)40-28(34)37-17(4)11-3/h14-21,25-26H,9-13,31H2,1-8H3,(H,32,33)/t17?,18?,19?,20?,21?,25?,26-/m0/s1. The predicted octanol–water partition coefficient (Wildman–Crippen LogP) is 6.57. The molecule has 0 saturated heterocycles. The van der Waals surface area contributed by atoms with E-state index in [9.17, 15) is 24.3 Å². The maximum Gasteiger partial charge on any atom is 0.514 e. The van der Waals surface area contributed by atoms with Gasteiger partial charge in [-0.1, -0.05) is 46.6 Å². The molecule has 3 N–H and O–H groups in total. The van der Waals surface area contributed by atoms with E-state index in [1.165, 1.54) is 18.2 Å². The van der Waals surface area contributed by atoms with Gasteiger partial charge in [0.1, 0.15) is 30.5 Å². The third kappa shape index (κ3) is 12.1. The normalized spacial score (nSPS) is 16.0. The predicted molar refractivity (Wildman–Crippen MR) is 154 cm³/mol. The summed E-state index contributed by atoms with van der Waals surface area (Å²) < 4.78 is 31.9. The first-order valence-electron chi connectivity index (χ1n) is 14.5. The van der Waals surface area contributed by atoms with E-state index >= 15 is 0 Å². The topological polar surface area (TPSA) is 170 Å². The zero-order valence-corrected chi connectivity index (χ0v) is 25.9. The van der Waals surface area contributed by atoms with Gasteiger partial charge in [0, 0.05) is 11.8 Å². The van der Waals surface area contributed by atoms with E-state index < -0.39 is 60.6 Å². The van der Waals surface area contributed by atoms with Crippen LogP contribution in [0.5, 0.6) is 11.5 Å². The van der Waals surface area contributed by atoms with Crippen molar-refractivity contribution < 1.29 is 52.7 Å². The number of hydrogen-bond acceptors (Lipinski definition) is 11. The Morgan fingerprint density at radius 1 is 0.738 bits per heavy atom. The van der Waals surface area contributed by atoms with Crippen molar-refractivity contribution in [2.45, 2.75) is 124 Å². The molecule has 0 amide bonds. The monoisotopic (exact) mass is 597 g/mol. The van der Waals surface area contributed by atoms with Gasteiger partial charge in [0.15, 0.2) is 11.5 Å². The molecule has 0 aliphatic rings. The number of ether oxygens (including phenoxy) is 6. The Labute approximate surface area is 248 Å². The van der Waals surface area contributed by atoms with Crippen LogP contribution in [0.1, 0.15) is 99.0 Å². The van der Waals surface area contributed by atoms with Crippen molar-refractivity contribution in [3.8, 4) is 11.5 Å². The number of aliphatic carboxylic acids is 1. The van der Waals surface area contributed by atoms with E-state index in [1.54, 1.807) is 34.6 Å². The molecule has 6 unspecified atom stereocenters. The van der Waals surface area contributed by atoms with Gasteiger partial charge in [-0.25, -0.2) is 14.4 Å². The van der Waals surface area contributed by atoms with Crippen molar-refractivity contribution in [3.63, 3.8) is 0 Å². The van der Waals surface area contributed by atoms with Crippen molar-refractivity contribution in [1.29, 1.82) is 0 Å². The highest BCUT2D eigenvalue weighted by atomic mass is 16.8. The molecule has 12 nitrogen and oxygen atoms in total. The van der Waals surface area contributed by atoms with Crippen LogP contribution in [0.3, 0.4) is 0 Å². The van der Waals surface area contributed by atoms with Gasteiger partial charge in [-0.2, -0.15) is 0 Å². The van der Waals surface area contributed by atoms with Crippen LogP contribution in [0.15, 0.2) is 18.2 Å². The maximum absolute atomic E-state index is 12.6. The van der Waals surface area contributed by atoms with Crippen LogP contribution in [0.2, 0.25) is 0 Å². The van der Waals surface area contributed by atoms with Gasteiger partial charge in [0.25, 0.3) is 0 Å². The number of benzene rings is 1. The molecular formula is C30H47NO11. The molecule has 0 radical (unpaired) electrons. The molecule has 1 rings (SSSR count). The SMILES string of the molecule is CCCC(C)OC(=O)Oc1ccc(C(C(C)C(C)OC(=O)OC(C)CC)[C@H](N)C(=O)O)cc1OC(=O)OC(C)CCC. The Hall–Kier alpha value is -3.54. The number of rotatable bonds is 16. The summed E-state index contributed by atoms with van der Waals surface area (Å²) in [6.07, 6.45) is -1.56. The minimum atomic E-state index is -1.44. The number of carbonyl (C=O) groups is 4. The zero-order valence-electron chi connectivity index (χ0n) is 25.9. The summed E-state index contributed by atoms with van der Waals surface area (Å²) in [5, 5.41) is 9.79. The summed E-state index contributed by atoms with van der Waals surface area (Å²) in [7, 11) is 0. The Morgan fingerprint density at radius 3 is 1.71 bits per heavy atom. The molecule has 0 spiro atoms. The Kier molecular flexibility index (Phi) is 15.7. The lowest BCUT2D eigenvalue weighted by molar-refractivity contribution is -0.139. The van der Waals surface area contributed by atoms with E-state index in [0.717, 1.165) is 12.8 Å². The second-order valence-corrected chi connectivity index (χ2v) is 10.5. The van der Waals surface area contributed by atoms with Crippen molar-refractivity contribution in [2.24, 2.45) is 11.7 Å². The van der Waals surface area contributed by atoms with Crippen molar-refractivity contribution >= 4 is 24.4 Å². The zero-order chi connectivity index (χ0) is 32.0. The first kappa shape index (κ1) is 36.5. The highest BCUT2D eigenvalue weighted by Crippen LogP contribution is 2.37. The maximum atomic E-state index is 12.6. The highest BCUT2D eigenvalue weighted by molar-refractivity contribution is 5.75. The minimum Gasteiger partial charge on any atom is -0.480 e. The summed E-state index contributed by atoms with van der Waals surface area (Å²) in [5.41, 5.74) is 6.43. The molecule has 0 heterocycles. The average Bonchev–Trinajstić information content (AvgIpc) is 2.89. The molecule has 238 valence electrons. The van der Waals surface area contributed by atoms with Gasteiger partial charge in [0.2, 0.25) is 0 Å². The van der Waals surface area contributed by atoms with Gasteiger partial charge in [-0.3, -0.25) is 4.79 Å². The smallest absolute Gasteiger partial charge is 0.480 e. The van der Waals surface area contributed by atoms with Gasteiger partial charge >= 0.3 is 24.4 Å². The van der Waals surface area contributed by atoms with Crippen LogP contribution in [-0.2, 0) is 23.7 Å². The van der Waals surface area contributed by atoms with E-state index in [-0.39, 0.29) is 17.6 Å². The summed E-state index contributed by atoms with van der Waals surface area (Å²) >= 11 is 0. The van der Waals surface area contributed by atoms with E-state index in [1.807, 2.05) is 20.8 Å². The summed E-state index contributed by atoms with van der Waals surface area (Å²) in [4.78, 5) is 49.3. The molecule has 7 atom stereocenters. The van der Waals surface area contributed by atoms with Crippen LogP contribution < -0.4 is 15.2 Å². The lowest BCUT2D eigenvalue weighted by Crippen LogP contribution is -2.42. The third-order valence-corrected chi connectivity index (χ3v) is 6.86. The van der Waals surface area contributed by atoms with Crippen LogP contribution in [0, 0.1) is 5.92 Å². The van der Waals surface area contributed by atoms with Crippen molar-refractivity contribution in [2.75, 3.05) is 0 Å². The van der Waals surface area contributed by atoms with Crippen LogP contribution in [-0.4, -0.2) is 60.0 Å². The highest BCUT2D eigenvalue weighted by Gasteiger charge is 2.36. The fourth-order valence-electron chi connectivity index (χ4n) is 4.20. The fourth-order valence-corrected chi connectivity index (χ4v) is 4.20.